The molecular weight excluding hydrogens is 348 g/mol. The summed E-state index contributed by atoms with van der Waals surface area (Å²) in [6, 6.07) is 23.1. The Kier molecular flexibility index (Phi) is 5.73. The second-order valence-corrected chi connectivity index (χ2v) is 5.85. The molecule has 0 bridgehead atoms. The summed E-state index contributed by atoms with van der Waals surface area (Å²) in [5, 5.41) is 8.04. The van der Waals surface area contributed by atoms with Crippen LogP contribution in [0.5, 0.6) is 5.75 Å². The lowest BCUT2D eigenvalue weighted by molar-refractivity contribution is 0.416. The predicted octanol–water partition coefficient (Wildman–Crippen LogP) is 4.25. The van der Waals surface area contributed by atoms with Crippen molar-refractivity contribution in [1.82, 2.24) is 5.53 Å². The molecule has 3 aromatic rings. The van der Waals surface area contributed by atoms with Gasteiger partial charge in [0, 0.05) is 11.1 Å². The van der Waals surface area contributed by atoms with Gasteiger partial charge in [-0.2, -0.15) is 0 Å². The highest BCUT2D eigenvalue weighted by Crippen LogP contribution is 2.33. The van der Waals surface area contributed by atoms with Crippen LogP contribution >= 0.6 is 11.6 Å². The Balaban J connectivity index is 2.09. The van der Waals surface area contributed by atoms with Gasteiger partial charge in [0.25, 0.3) is 0 Å². The molecule has 3 rings (SSSR count). The molecule has 0 saturated heterocycles. The molecule has 0 aliphatic heterocycles. The number of nitrogens with two attached hydrogens (primary N) is 1. The molecular formula is C20H19ClN4O. The Labute approximate surface area is 157 Å². The number of halogens is 1. The first-order valence-corrected chi connectivity index (χ1v) is 8.40. The van der Waals surface area contributed by atoms with E-state index in [-0.39, 0.29) is 0 Å². The highest BCUT2D eigenvalue weighted by atomic mass is 35.5. The first-order chi connectivity index (χ1) is 12.7. The van der Waals surface area contributed by atoms with Gasteiger partial charge in [-0.3, -0.25) is 0 Å². The molecule has 0 aliphatic rings. The Morgan fingerprint density at radius 2 is 1.58 bits per heavy atom. The number of benzene rings is 3. The highest BCUT2D eigenvalue weighted by Gasteiger charge is 2.15. The van der Waals surface area contributed by atoms with Crippen LogP contribution in [-0.4, -0.2) is 12.9 Å². The fraction of sp³-hybridized carbons (Fsp3) is 0.0500. The third kappa shape index (κ3) is 3.79. The minimum atomic E-state index is 0.544. The normalized spacial score (nSPS) is 11.1. The zero-order chi connectivity index (χ0) is 18.4. The molecule has 0 aliphatic carbocycles. The number of nitrogens with one attached hydrogen (secondary N) is 2. The number of rotatable bonds is 5. The van der Waals surface area contributed by atoms with Gasteiger partial charge in [0.2, 0.25) is 0 Å². The minimum absolute atomic E-state index is 0.544. The number of para-hydroxylation sites is 2. The largest absolute Gasteiger partial charge is 0.496 e. The lowest BCUT2D eigenvalue weighted by Gasteiger charge is -2.16. The maximum atomic E-state index is 6.27. The van der Waals surface area contributed by atoms with Crippen LogP contribution in [0, 0.1) is 0 Å². The summed E-state index contributed by atoms with van der Waals surface area (Å²) in [6.45, 7) is 0. The van der Waals surface area contributed by atoms with Crippen LogP contribution in [0.4, 0.5) is 5.69 Å². The van der Waals surface area contributed by atoms with E-state index in [1.807, 2.05) is 72.8 Å². The minimum Gasteiger partial charge on any atom is -0.496 e. The Bertz CT molecular complexity index is 927. The number of hydrogen-bond acceptors (Lipinski definition) is 4. The van der Waals surface area contributed by atoms with Crippen LogP contribution in [0.2, 0.25) is 5.02 Å². The van der Waals surface area contributed by atoms with Gasteiger partial charge in [0.05, 0.1) is 17.8 Å². The van der Waals surface area contributed by atoms with E-state index in [2.05, 4.69) is 16.0 Å². The molecule has 26 heavy (non-hydrogen) atoms. The number of hydrazone groups is 1. The molecule has 132 valence electrons. The molecule has 0 unspecified atom stereocenters. The molecule has 3 aromatic carbocycles. The summed E-state index contributed by atoms with van der Waals surface area (Å²) in [6.07, 6.45) is 0. The van der Waals surface area contributed by atoms with Crippen LogP contribution in [0.1, 0.15) is 5.56 Å². The van der Waals surface area contributed by atoms with Crippen molar-refractivity contribution in [3.05, 3.63) is 83.4 Å². The molecule has 0 aromatic heterocycles. The first kappa shape index (κ1) is 17.8. The molecule has 0 fully saturated rings. The topological polar surface area (TPSA) is 71.7 Å². The van der Waals surface area contributed by atoms with Gasteiger partial charge in [-0.05, 0) is 23.8 Å². The molecule has 4 N–H and O–H groups in total. The average Bonchev–Trinajstić information content (AvgIpc) is 2.69. The molecule has 0 radical (unpaired) electrons. The van der Waals surface area contributed by atoms with Crippen molar-refractivity contribution in [3.63, 3.8) is 0 Å². The number of hydrazine groups is 1. The Morgan fingerprint density at radius 3 is 2.31 bits per heavy atom. The third-order valence-electron chi connectivity index (χ3n) is 3.88. The number of amidine groups is 1. The quantitative estimate of drug-likeness (QED) is 0.273. The molecule has 0 saturated carbocycles. The van der Waals surface area contributed by atoms with Crippen molar-refractivity contribution in [2.75, 3.05) is 12.4 Å². The molecule has 0 heterocycles. The predicted molar refractivity (Wildman–Crippen MR) is 107 cm³/mol. The highest BCUT2D eigenvalue weighted by molar-refractivity contribution is 6.34. The van der Waals surface area contributed by atoms with E-state index in [1.54, 1.807) is 7.11 Å². The fourth-order valence-corrected chi connectivity index (χ4v) is 2.88. The van der Waals surface area contributed by atoms with Crippen LogP contribution < -0.4 is 21.4 Å². The summed E-state index contributed by atoms with van der Waals surface area (Å²) >= 11 is 6.27. The molecule has 0 spiro atoms. The van der Waals surface area contributed by atoms with Crippen molar-refractivity contribution in [1.29, 1.82) is 0 Å². The van der Waals surface area contributed by atoms with Gasteiger partial charge in [-0.25, -0.2) is 11.4 Å². The number of methoxy groups -OCH3 is 1. The zero-order valence-electron chi connectivity index (χ0n) is 14.2. The smallest absolute Gasteiger partial charge is 0.159 e. The van der Waals surface area contributed by atoms with E-state index in [1.165, 1.54) is 0 Å². The van der Waals surface area contributed by atoms with Gasteiger partial charge in [0.1, 0.15) is 5.75 Å². The fourth-order valence-electron chi connectivity index (χ4n) is 2.70. The molecule has 5 nitrogen and oxygen atoms in total. The summed E-state index contributed by atoms with van der Waals surface area (Å²) in [5.41, 5.74) is 5.87. The van der Waals surface area contributed by atoms with Gasteiger partial charge >= 0.3 is 0 Å². The summed E-state index contributed by atoms with van der Waals surface area (Å²) in [5.74, 6) is 6.79. The van der Waals surface area contributed by atoms with E-state index >= 15 is 0 Å². The van der Waals surface area contributed by atoms with Gasteiger partial charge < -0.3 is 10.1 Å². The maximum absolute atomic E-state index is 6.27. The van der Waals surface area contributed by atoms with E-state index < -0.39 is 0 Å². The average molecular weight is 367 g/mol. The lowest BCUT2D eigenvalue weighted by Crippen LogP contribution is -2.23. The van der Waals surface area contributed by atoms with Crippen LogP contribution in [0.3, 0.4) is 0 Å². The van der Waals surface area contributed by atoms with Crippen molar-refractivity contribution in [3.8, 4) is 16.9 Å². The van der Waals surface area contributed by atoms with Crippen molar-refractivity contribution in [2.24, 2.45) is 10.9 Å². The van der Waals surface area contributed by atoms with Crippen LogP contribution in [0.25, 0.3) is 11.1 Å². The monoisotopic (exact) mass is 366 g/mol. The van der Waals surface area contributed by atoms with E-state index in [9.17, 15) is 0 Å². The summed E-state index contributed by atoms with van der Waals surface area (Å²) < 4.78 is 5.51. The standard InChI is InChI=1S/C20H19ClN4O/c1-26-19-13-7-4-9-15(19)14-8-2-3-10-16(14)20(24-25-22)23-18-12-6-5-11-17(18)21/h2-13,25H,22H2,1H3,(H,23,24). The zero-order valence-corrected chi connectivity index (χ0v) is 15.0. The molecule has 0 amide bonds. The van der Waals surface area contributed by atoms with Gasteiger partial charge in [-0.15, -0.1) is 5.10 Å². The van der Waals surface area contributed by atoms with E-state index in [0.29, 0.717) is 10.9 Å². The van der Waals surface area contributed by atoms with Crippen molar-refractivity contribution >= 4 is 23.1 Å². The van der Waals surface area contributed by atoms with Gasteiger partial charge in [0.15, 0.2) is 5.84 Å². The van der Waals surface area contributed by atoms with Crippen LogP contribution in [0.15, 0.2) is 77.9 Å². The molecule has 6 heteroatoms. The maximum Gasteiger partial charge on any atom is 0.159 e. The van der Waals surface area contributed by atoms with E-state index in [0.717, 1.165) is 28.1 Å². The Hall–Kier alpha value is -3.02. The molecule has 0 atom stereocenters. The van der Waals surface area contributed by atoms with E-state index in [4.69, 9.17) is 22.2 Å². The lowest BCUT2D eigenvalue weighted by atomic mass is 9.98. The second kappa shape index (κ2) is 8.38. The first-order valence-electron chi connectivity index (χ1n) is 8.02. The third-order valence-corrected chi connectivity index (χ3v) is 4.21. The van der Waals surface area contributed by atoms with Crippen LogP contribution in [-0.2, 0) is 0 Å². The number of ether oxygens (including phenoxy) is 1. The second-order valence-electron chi connectivity index (χ2n) is 5.44. The Morgan fingerprint density at radius 1 is 0.923 bits per heavy atom. The van der Waals surface area contributed by atoms with Crippen molar-refractivity contribution < 1.29 is 4.74 Å². The van der Waals surface area contributed by atoms with Crippen molar-refractivity contribution in [2.45, 2.75) is 0 Å². The summed E-state index contributed by atoms with van der Waals surface area (Å²) in [4.78, 5) is 0. The number of nitrogens with zero attached hydrogens (tertiary/aromatic N) is 1. The summed E-state index contributed by atoms with van der Waals surface area (Å²) in [7, 11) is 1.65. The number of anilines is 1. The SMILES string of the molecule is COc1ccccc1-c1ccccc1/C(=N/NN)Nc1ccccc1Cl. The van der Waals surface area contributed by atoms with Gasteiger partial charge in [-0.1, -0.05) is 66.2 Å². The number of hydrogen-bond donors (Lipinski definition) is 3.